The van der Waals surface area contributed by atoms with E-state index in [0.29, 0.717) is 54.8 Å². The zero-order valence-corrected chi connectivity index (χ0v) is 26.4. The summed E-state index contributed by atoms with van der Waals surface area (Å²) in [7, 11) is 0. The van der Waals surface area contributed by atoms with Crippen LogP contribution in [0.4, 0.5) is 0 Å². The normalized spacial score (nSPS) is 16.0. The average molecular weight is 639 g/mol. The summed E-state index contributed by atoms with van der Waals surface area (Å²) >= 11 is 6.80. The van der Waals surface area contributed by atoms with Crippen LogP contribution >= 0.6 is 11.6 Å². The Morgan fingerprint density at radius 2 is 1.76 bits per heavy atom. The lowest BCUT2D eigenvalue weighted by Crippen LogP contribution is -2.44. The monoisotopic (exact) mass is 638 g/mol. The van der Waals surface area contributed by atoms with Crippen LogP contribution in [-0.2, 0) is 24.6 Å². The van der Waals surface area contributed by atoms with E-state index in [2.05, 4.69) is 19.1 Å². The second-order valence-corrected chi connectivity index (χ2v) is 12.0. The fraction of sp³-hybridized carbons (Fsp3) is 0.297. The van der Waals surface area contributed by atoms with Crippen LogP contribution in [-0.4, -0.2) is 41.8 Å². The molecule has 0 radical (unpaired) electrons. The molecule has 2 aliphatic heterocycles. The maximum Gasteiger partial charge on any atom is 0.320 e. The molecule has 2 heterocycles. The van der Waals surface area contributed by atoms with Gasteiger partial charge in [0.25, 0.3) is 0 Å². The molecule has 4 aromatic carbocycles. The summed E-state index contributed by atoms with van der Waals surface area (Å²) in [6.45, 7) is 4.69. The first-order chi connectivity index (χ1) is 22.4. The van der Waals surface area contributed by atoms with E-state index >= 15 is 0 Å². The smallest absolute Gasteiger partial charge is 0.320 e. The van der Waals surface area contributed by atoms with Crippen LogP contribution in [0.25, 0.3) is 11.1 Å². The van der Waals surface area contributed by atoms with Crippen molar-refractivity contribution in [3.63, 3.8) is 0 Å². The summed E-state index contributed by atoms with van der Waals surface area (Å²) in [4.78, 5) is 14.0. The van der Waals surface area contributed by atoms with Gasteiger partial charge < -0.3 is 24.1 Å². The van der Waals surface area contributed by atoms with Gasteiger partial charge >= 0.3 is 5.97 Å². The second-order valence-electron chi connectivity index (χ2n) is 11.5. The quantitative estimate of drug-likeness (QED) is 0.190. The van der Waals surface area contributed by atoms with Gasteiger partial charge in [-0.25, -0.2) is 0 Å². The first-order valence-electron chi connectivity index (χ1n) is 15.4. The Hall–Kier alpha value is -4.71. The van der Waals surface area contributed by atoms with E-state index in [1.807, 2.05) is 53.4 Å². The third-order valence-corrected chi connectivity index (χ3v) is 8.82. The number of hydrogen-bond donors (Lipinski definition) is 1. The Labute approximate surface area is 273 Å². The summed E-state index contributed by atoms with van der Waals surface area (Å²) in [5, 5.41) is 19.6. The number of carboxylic acid groups (broad SMARTS) is 1. The number of likely N-dealkylation sites (tertiary alicyclic amines) is 1. The number of nitrogens with zero attached hydrogens (tertiary/aromatic N) is 2. The fourth-order valence-electron chi connectivity index (χ4n) is 6.03. The molecule has 46 heavy (non-hydrogen) atoms. The topological polar surface area (TPSA) is 101 Å². The maximum absolute atomic E-state index is 12.0. The summed E-state index contributed by atoms with van der Waals surface area (Å²) in [5.41, 5.74) is 6.34. The van der Waals surface area contributed by atoms with Crippen LogP contribution in [0.1, 0.15) is 47.1 Å². The first kappa shape index (κ1) is 31.3. The van der Waals surface area contributed by atoms with Crippen LogP contribution in [0.5, 0.6) is 23.0 Å². The Morgan fingerprint density at radius 3 is 2.59 bits per heavy atom. The Kier molecular flexibility index (Phi) is 9.62. The van der Waals surface area contributed by atoms with Crippen LogP contribution in [0, 0.1) is 18.3 Å². The van der Waals surface area contributed by atoms with E-state index in [0.717, 1.165) is 57.7 Å². The van der Waals surface area contributed by atoms with Gasteiger partial charge in [0.15, 0.2) is 11.5 Å². The molecule has 1 N–H and O–H groups in total. The lowest BCUT2D eigenvalue weighted by atomic mass is 9.96. The van der Waals surface area contributed by atoms with Gasteiger partial charge in [-0.05, 0) is 84.5 Å². The van der Waals surface area contributed by atoms with Crippen LogP contribution in [0.2, 0.25) is 5.02 Å². The number of fused-ring (bicyclic) bond motifs is 1. The maximum atomic E-state index is 12.0. The molecule has 1 fully saturated rings. The second kappa shape index (κ2) is 14.2. The van der Waals surface area contributed by atoms with Gasteiger partial charge in [-0.2, -0.15) is 5.26 Å². The molecule has 1 atom stereocenters. The number of piperidine rings is 1. The van der Waals surface area contributed by atoms with Crippen molar-refractivity contribution < 1.29 is 28.8 Å². The lowest BCUT2D eigenvalue weighted by molar-refractivity contribution is -0.144. The van der Waals surface area contributed by atoms with E-state index in [1.165, 1.54) is 0 Å². The minimum absolute atomic E-state index is 0.225. The number of rotatable bonds is 10. The molecular formula is C37H35ClN2O6. The minimum atomic E-state index is -0.824. The Balaban J connectivity index is 1.25. The summed E-state index contributed by atoms with van der Waals surface area (Å²) < 4.78 is 24.1. The standard InChI is InChI=1S/C37H35ClN2O6/c1-24-28(8-5-9-30(24)27-11-12-33-36(18-27)44-15-14-43-33)23-46-35-19-34(45-22-26-7-4-6-25(16-26)20-39)29(17-31(35)38)21-40-13-3-2-10-32(40)37(41)42/h4-9,11-12,16-19,32H,2-3,10,13-15,21-23H2,1H3,(H,41,42). The number of halogens is 1. The number of benzene rings is 4. The van der Waals surface area contributed by atoms with Crippen molar-refractivity contribution in [1.82, 2.24) is 4.90 Å². The zero-order chi connectivity index (χ0) is 32.0. The van der Waals surface area contributed by atoms with Crippen molar-refractivity contribution in [2.75, 3.05) is 19.8 Å². The molecule has 0 aliphatic carbocycles. The number of hydrogen-bond acceptors (Lipinski definition) is 7. The Morgan fingerprint density at radius 1 is 0.957 bits per heavy atom. The summed E-state index contributed by atoms with van der Waals surface area (Å²) in [6.07, 6.45) is 2.42. The molecular weight excluding hydrogens is 604 g/mol. The molecule has 4 aromatic rings. The highest BCUT2D eigenvalue weighted by Gasteiger charge is 2.29. The molecule has 0 bridgehead atoms. The van der Waals surface area contributed by atoms with Gasteiger partial charge in [-0.3, -0.25) is 9.69 Å². The number of nitriles is 1. The van der Waals surface area contributed by atoms with Crippen molar-refractivity contribution in [3.8, 4) is 40.2 Å². The third-order valence-electron chi connectivity index (χ3n) is 8.52. The van der Waals surface area contributed by atoms with Gasteiger partial charge in [0.05, 0.1) is 16.7 Å². The van der Waals surface area contributed by atoms with Crippen molar-refractivity contribution in [2.45, 2.75) is 52.0 Å². The summed E-state index contributed by atoms with van der Waals surface area (Å²) in [6, 6.07) is 24.5. The van der Waals surface area contributed by atoms with Crippen LogP contribution < -0.4 is 18.9 Å². The molecule has 236 valence electrons. The highest BCUT2D eigenvalue weighted by atomic mass is 35.5. The number of carbonyl (C=O) groups is 1. The van der Waals surface area contributed by atoms with E-state index in [9.17, 15) is 15.2 Å². The van der Waals surface area contributed by atoms with Gasteiger partial charge in [0, 0.05) is 18.2 Å². The number of aliphatic carboxylic acids is 1. The molecule has 0 saturated carbocycles. The molecule has 8 nitrogen and oxygen atoms in total. The Bertz CT molecular complexity index is 1780. The van der Waals surface area contributed by atoms with Crippen molar-refractivity contribution in [1.29, 1.82) is 5.26 Å². The molecule has 0 aromatic heterocycles. The van der Waals surface area contributed by atoms with Gasteiger partial charge in [0.1, 0.15) is 44.0 Å². The van der Waals surface area contributed by atoms with Gasteiger partial charge in [0.2, 0.25) is 0 Å². The predicted molar refractivity (Wildman–Crippen MR) is 175 cm³/mol. The SMILES string of the molecule is Cc1c(COc2cc(OCc3cccc(C#N)c3)c(CN3CCCCC3C(=O)O)cc2Cl)cccc1-c1ccc2c(c1)OCCO2. The number of carboxylic acids is 1. The van der Waals surface area contributed by atoms with Crippen molar-refractivity contribution >= 4 is 17.6 Å². The molecule has 9 heteroatoms. The zero-order valence-electron chi connectivity index (χ0n) is 25.6. The van der Waals surface area contributed by atoms with E-state index in [4.69, 9.17) is 30.5 Å². The molecule has 0 amide bonds. The molecule has 1 unspecified atom stereocenters. The molecule has 6 rings (SSSR count). The lowest BCUT2D eigenvalue weighted by Gasteiger charge is -2.33. The highest BCUT2D eigenvalue weighted by Crippen LogP contribution is 2.38. The van der Waals surface area contributed by atoms with Crippen LogP contribution in [0.3, 0.4) is 0 Å². The number of ether oxygens (including phenoxy) is 4. The fourth-order valence-corrected chi connectivity index (χ4v) is 6.27. The predicted octanol–water partition coefficient (Wildman–Crippen LogP) is 7.56. The molecule has 0 spiro atoms. The minimum Gasteiger partial charge on any atom is -0.488 e. The van der Waals surface area contributed by atoms with E-state index in [-0.39, 0.29) is 13.2 Å². The van der Waals surface area contributed by atoms with Crippen LogP contribution in [0.15, 0.2) is 72.8 Å². The summed E-state index contributed by atoms with van der Waals surface area (Å²) in [5.74, 6) is 1.68. The third kappa shape index (κ3) is 7.07. The van der Waals surface area contributed by atoms with Crippen molar-refractivity contribution in [3.05, 3.63) is 106 Å². The average Bonchev–Trinajstić information content (AvgIpc) is 3.08. The molecule has 1 saturated heterocycles. The highest BCUT2D eigenvalue weighted by molar-refractivity contribution is 6.32. The largest absolute Gasteiger partial charge is 0.488 e. The molecule has 2 aliphatic rings. The van der Waals surface area contributed by atoms with Gasteiger partial charge in [-0.1, -0.05) is 54.4 Å². The first-order valence-corrected chi connectivity index (χ1v) is 15.8. The van der Waals surface area contributed by atoms with E-state index in [1.54, 1.807) is 18.2 Å². The van der Waals surface area contributed by atoms with Gasteiger partial charge in [-0.15, -0.1) is 0 Å². The van der Waals surface area contributed by atoms with E-state index < -0.39 is 12.0 Å². The van der Waals surface area contributed by atoms with Crippen molar-refractivity contribution in [2.24, 2.45) is 0 Å².